The Bertz CT molecular complexity index is 877. The van der Waals surface area contributed by atoms with E-state index in [1.54, 1.807) is 11.8 Å². The molecule has 0 aliphatic carbocycles. The zero-order valence-corrected chi connectivity index (χ0v) is 13.8. The smallest absolute Gasteiger partial charge is 0.191 e. The second-order valence-electron chi connectivity index (χ2n) is 5.28. The summed E-state index contributed by atoms with van der Waals surface area (Å²) in [4.78, 5) is 0. The van der Waals surface area contributed by atoms with Crippen molar-refractivity contribution in [3.8, 4) is 17.5 Å². The van der Waals surface area contributed by atoms with Crippen LogP contribution in [0.4, 0.5) is 0 Å². The molecule has 0 aliphatic heterocycles. The number of hydrogen-bond acceptors (Lipinski definition) is 4. The summed E-state index contributed by atoms with van der Waals surface area (Å²) in [5, 5.41) is 18.5. The molecule has 0 bridgehead atoms. The molecular weight excluding hydrogens is 304 g/mol. The Morgan fingerprint density at radius 1 is 1.13 bits per heavy atom. The molecule has 1 heterocycles. The number of thioether (sulfide) groups is 1. The lowest BCUT2D eigenvalue weighted by atomic mass is 10.1. The first-order valence-electron chi connectivity index (χ1n) is 7.26. The Morgan fingerprint density at radius 2 is 1.96 bits per heavy atom. The van der Waals surface area contributed by atoms with Gasteiger partial charge in [-0.25, -0.2) is 0 Å². The lowest BCUT2D eigenvalue weighted by molar-refractivity contribution is 0.793. The summed E-state index contributed by atoms with van der Waals surface area (Å²) < 4.78 is 2.02. The standard InChI is InChI=1S/C18H16N4S/c1-13-6-3-4-9-16(13)17-20-21-18(22(17)2)23-12-15-8-5-7-14(10-15)11-19/h3-10H,12H2,1-2H3. The van der Waals surface area contributed by atoms with Gasteiger partial charge in [0.2, 0.25) is 0 Å². The van der Waals surface area contributed by atoms with Gasteiger partial charge in [0, 0.05) is 18.4 Å². The molecule has 0 amide bonds. The topological polar surface area (TPSA) is 54.5 Å². The van der Waals surface area contributed by atoms with Gasteiger partial charge >= 0.3 is 0 Å². The monoisotopic (exact) mass is 320 g/mol. The lowest BCUT2D eigenvalue weighted by Crippen LogP contribution is -1.96. The predicted molar refractivity (Wildman–Crippen MR) is 91.9 cm³/mol. The van der Waals surface area contributed by atoms with E-state index in [1.807, 2.05) is 48.0 Å². The van der Waals surface area contributed by atoms with E-state index in [0.717, 1.165) is 27.9 Å². The summed E-state index contributed by atoms with van der Waals surface area (Å²) in [6, 6.07) is 18.0. The van der Waals surface area contributed by atoms with Gasteiger partial charge in [0.1, 0.15) is 0 Å². The average molecular weight is 320 g/mol. The zero-order chi connectivity index (χ0) is 16.2. The van der Waals surface area contributed by atoms with E-state index in [0.29, 0.717) is 5.56 Å². The second-order valence-corrected chi connectivity index (χ2v) is 6.22. The van der Waals surface area contributed by atoms with Crippen LogP contribution in [0.25, 0.3) is 11.4 Å². The molecule has 2 aromatic carbocycles. The Hall–Kier alpha value is -2.58. The van der Waals surface area contributed by atoms with Crippen molar-refractivity contribution in [2.75, 3.05) is 0 Å². The molecule has 1 aromatic heterocycles. The van der Waals surface area contributed by atoms with Gasteiger partial charge in [-0.05, 0) is 30.2 Å². The summed E-state index contributed by atoms with van der Waals surface area (Å²) >= 11 is 1.62. The fourth-order valence-electron chi connectivity index (χ4n) is 2.38. The van der Waals surface area contributed by atoms with E-state index in [1.165, 1.54) is 5.56 Å². The van der Waals surface area contributed by atoms with Crippen LogP contribution in [0.1, 0.15) is 16.7 Å². The molecule has 0 spiro atoms. The van der Waals surface area contributed by atoms with E-state index in [2.05, 4.69) is 35.3 Å². The Kier molecular flexibility index (Phi) is 4.45. The first-order chi connectivity index (χ1) is 11.2. The number of aryl methyl sites for hydroxylation is 1. The van der Waals surface area contributed by atoms with Crippen LogP contribution in [0, 0.1) is 18.3 Å². The van der Waals surface area contributed by atoms with Gasteiger partial charge in [0.25, 0.3) is 0 Å². The van der Waals surface area contributed by atoms with Crippen LogP contribution in [0.15, 0.2) is 53.7 Å². The molecule has 4 nitrogen and oxygen atoms in total. The molecular formula is C18H16N4S. The van der Waals surface area contributed by atoms with Crippen molar-refractivity contribution in [3.63, 3.8) is 0 Å². The lowest BCUT2D eigenvalue weighted by Gasteiger charge is -2.06. The first kappa shape index (κ1) is 15.3. The minimum Gasteiger partial charge on any atom is -0.305 e. The molecule has 0 aliphatic rings. The SMILES string of the molecule is Cc1ccccc1-c1nnc(SCc2cccc(C#N)c2)n1C. The molecule has 23 heavy (non-hydrogen) atoms. The predicted octanol–water partition coefficient (Wildman–Crippen LogP) is 3.95. The molecule has 114 valence electrons. The van der Waals surface area contributed by atoms with E-state index >= 15 is 0 Å². The van der Waals surface area contributed by atoms with Crippen LogP contribution in [-0.2, 0) is 12.8 Å². The molecule has 0 saturated carbocycles. The van der Waals surface area contributed by atoms with E-state index in [4.69, 9.17) is 5.26 Å². The van der Waals surface area contributed by atoms with Gasteiger partial charge in [-0.3, -0.25) is 0 Å². The molecule has 3 rings (SSSR count). The van der Waals surface area contributed by atoms with E-state index in [9.17, 15) is 0 Å². The van der Waals surface area contributed by atoms with Crippen molar-refractivity contribution in [2.24, 2.45) is 7.05 Å². The highest BCUT2D eigenvalue weighted by atomic mass is 32.2. The molecule has 0 atom stereocenters. The largest absolute Gasteiger partial charge is 0.305 e. The number of benzene rings is 2. The van der Waals surface area contributed by atoms with Crippen molar-refractivity contribution < 1.29 is 0 Å². The minimum absolute atomic E-state index is 0.682. The van der Waals surface area contributed by atoms with Crippen LogP contribution in [-0.4, -0.2) is 14.8 Å². The molecule has 0 saturated heterocycles. The molecule has 3 aromatic rings. The number of rotatable bonds is 4. The molecule has 0 fully saturated rings. The van der Waals surface area contributed by atoms with Gasteiger partial charge in [0.05, 0.1) is 11.6 Å². The van der Waals surface area contributed by atoms with E-state index < -0.39 is 0 Å². The van der Waals surface area contributed by atoms with Crippen molar-refractivity contribution in [1.29, 1.82) is 5.26 Å². The third-order valence-corrected chi connectivity index (χ3v) is 4.74. The highest BCUT2D eigenvalue weighted by Crippen LogP contribution is 2.26. The summed E-state index contributed by atoms with van der Waals surface area (Å²) in [5.41, 5.74) is 4.07. The number of nitrogens with zero attached hydrogens (tertiary/aromatic N) is 4. The average Bonchev–Trinajstić information content (AvgIpc) is 2.94. The normalized spacial score (nSPS) is 10.5. The van der Waals surface area contributed by atoms with Crippen LogP contribution in [0.3, 0.4) is 0 Å². The summed E-state index contributed by atoms with van der Waals surface area (Å²) in [6.07, 6.45) is 0. The summed E-state index contributed by atoms with van der Waals surface area (Å²) in [5.74, 6) is 1.63. The third kappa shape index (κ3) is 3.27. The quantitative estimate of drug-likeness (QED) is 0.683. The maximum atomic E-state index is 8.96. The van der Waals surface area contributed by atoms with Crippen LogP contribution in [0.2, 0.25) is 0 Å². The number of hydrogen-bond donors (Lipinski definition) is 0. The Labute approximate surface area is 139 Å². The van der Waals surface area contributed by atoms with Crippen LogP contribution in [0.5, 0.6) is 0 Å². The zero-order valence-electron chi connectivity index (χ0n) is 13.0. The van der Waals surface area contributed by atoms with Crippen molar-refractivity contribution in [3.05, 3.63) is 65.2 Å². The van der Waals surface area contributed by atoms with Crippen molar-refractivity contribution in [2.45, 2.75) is 17.8 Å². The Morgan fingerprint density at radius 3 is 2.74 bits per heavy atom. The van der Waals surface area contributed by atoms with Crippen LogP contribution >= 0.6 is 11.8 Å². The minimum atomic E-state index is 0.682. The van der Waals surface area contributed by atoms with Crippen molar-refractivity contribution >= 4 is 11.8 Å². The molecule has 0 N–H and O–H groups in total. The third-order valence-electron chi connectivity index (χ3n) is 3.64. The first-order valence-corrected chi connectivity index (χ1v) is 8.25. The summed E-state index contributed by atoms with van der Waals surface area (Å²) in [6.45, 7) is 2.07. The fourth-order valence-corrected chi connectivity index (χ4v) is 3.23. The molecule has 0 radical (unpaired) electrons. The van der Waals surface area contributed by atoms with Gasteiger partial charge in [-0.15, -0.1) is 10.2 Å². The maximum Gasteiger partial charge on any atom is 0.191 e. The molecule has 0 unspecified atom stereocenters. The Balaban J connectivity index is 1.80. The van der Waals surface area contributed by atoms with Crippen molar-refractivity contribution in [1.82, 2.24) is 14.8 Å². The van der Waals surface area contributed by atoms with Gasteiger partial charge < -0.3 is 4.57 Å². The number of aromatic nitrogens is 3. The summed E-state index contributed by atoms with van der Waals surface area (Å²) in [7, 11) is 1.98. The van der Waals surface area contributed by atoms with Gasteiger partial charge in [0.15, 0.2) is 11.0 Å². The van der Waals surface area contributed by atoms with E-state index in [-0.39, 0.29) is 0 Å². The highest BCUT2D eigenvalue weighted by molar-refractivity contribution is 7.98. The fraction of sp³-hybridized carbons (Fsp3) is 0.167. The van der Waals surface area contributed by atoms with Gasteiger partial charge in [-0.2, -0.15) is 5.26 Å². The van der Waals surface area contributed by atoms with Crippen LogP contribution < -0.4 is 0 Å². The number of nitriles is 1. The molecule has 5 heteroatoms. The second kappa shape index (κ2) is 6.67. The van der Waals surface area contributed by atoms with Gasteiger partial charge in [-0.1, -0.05) is 48.2 Å². The highest BCUT2D eigenvalue weighted by Gasteiger charge is 2.12. The maximum absolute atomic E-state index is 8.96.